The van der Waals surface area contributed by atoms with Crippen LogP contribution in [0.4, 0.5) is 0 Å². The predicted molar refractivity (Wildman–Crippen MR) is 26.5 cm³/mol. The van der Waals surface area contributed by atoms with E-state index >= 15 is 0 Å². The molecule has 0 aromatic heterocycles. The molecule has 0 saturated carbocycles. The normalized spacial score (nSPS) is 12.8. The summed E-state index contributed by atoms with van der Waals surface area (Å²) in [7, 11) is 0. The summed E-state index contributed by atoms with van der Waals surface area (Å²) in [5, 5.41) is 9.91. The van der Waals surface area contributed by atoms with Crippen LogP contribution >= 0.6 is 0 Å². The van der Waals surface area contributed by atoms with E-state index in [0.29, 0.717) is 5.57 Å². The summed E-state index contributed by atoms with van der Waals surface area (Å²) in [5.74, 6) is -1.17. The van der Waals surface area contributed by atoms with Gasteiger partial charge in [0.2, 0.25) is 0 Å². The SMILES string of the molecule is C=C(C)[C@@H]([NH3+])C(=O)[O-]. The number of quaternary nitrogens is 1. The monoisotopic (exact) mass is 115 g/mol. The van der Waals surface area contributed by atoms with Crippen molar-refractivity contribution in [2.75, 3.05) is 0 Å². The van der Waals surface area contributed by atoms with Crippen LogP contribution in [0, 0.1) is 0 Å². The van der Waals surface area contributed by atoms with Crippen molar-refractivity contribution in [3.8, 4) is 0 Å². The summed E-state index contributed by atoms with van der Waals surface area (Å²) >= 11 is 0. The molecule has 0 aliphatic heterocycles. The fourth-order valence-electron chi connectivity index (χ4n) is 0.201. The zero-order chi connectivity index (χ0) is 6.73. The van der Waals surface area contributed by atoms with E-state index in [9.17, 15) is 9.90 Å². The Morgan fingerprint density at radius 1 is 1.88 bits per heavy atom. The average molecular weight is 115 g/mol. The Bertz CT molecular complexity index is 106. The summed E-state index contributed by atoms with van der Waals surface area (Å²) in [4.78, 5) is 9.91. The van der Waals surface area contributed by atoms with Gasteiger partial charge in [-0.05, 0) is 12.5 Å². The lowest BCUT2D eigenvalue weighted by Crippen LogP contribution is -2.68. The standard InChI is InChI=1S/C5H9NO2/c1-3(2)4(6)5(7)8/h4H,1,6H2,2H3,(H,7,8)/t4-/m1/s1. The molecular weight excluding hydrogens is 106 g/mol. The fourth-order valence-corrected chi connectivity index (χ4v) is 0.201. The summed E-state index contributed by atoms with van der Waals surface area (Å²) < 4.78 is 0. The van der Waals surface area contributed by atoms with Crippen molar-refractivity contribution in [2.24, 2.45) is 0 Å². The zero-order valence-electron chi connectivity index (χ0n) is 4.81. The van der Waals surface area contributed by atoms with Crippen LogP contribution < -0.4 is 10.8 Å². The molecule has 3 heteroatoms. The third-order valence-corrected chi connectivity index (χ3v) is 0.879. The van der Waals surface area contributed by atoms with Crippen LogP contribution in [0.1, 0.15) is 6.92 Å². The van der Waals surface area contributed by atoms with E-state index < -0.39 is 12.0 Å². The molecule has 0 rings (SSSR count). The highest BCUT2D eigenvalue weighted by molar-refractivity contribution is 5.72. The van der Waals surface area contributed by atoms with Crippen molar-refractivity contribution < 1.29 is 15.6 Å². The molecule has 1 atom stereocenters. The molecule has 8 heavy (non-hydrogen) atoms. The smallest absolute Gasteiger partial charge is 0.146 e. The van der Waals surface area contributed by atoms with Crippen LogP contribution in [-0.4, -0.2) is 12.0 Å². The van der Waals surface area contributed by atoms with Gasteiger partial charge in [0.1, 0.15) is 12.0 Å². The third-order valence-electron chi connectivity index (χ3n) is 0.879. The Kier molecular flexibility index (Phi) is 2.21. The second kappa shape index (κ2) is 2.47. The Balaban J connectivity index is 3.83. The molecule has 0 unspecified atom stereocenters. The van der Waals surface area contributed by atoms with Gasteiger partial charge in [-0.15, -0.1) is 0 Å². The molecule has 0 radical (unpaired) electrons. The van der Waals surface area contributed by atoms with Crippen LogP contribution in [-0.2, 0) is 4.79 Å². The first-order valence-electron chi connectivity index (χ1n) is 2.25. The quantitative estimate of drug-likeness (QED) is 0.420. The largest absolute Gasteiger partial charge is 0.544 e. The summed E-state index contributed by atoms with van der Waals surface area (Å²) in [6.07, 6.45) is 0. The minimum absolute atomic E-state index is 0.519. The van der Waals surface area contributed by atoms with E-state index in [1.807, 2.05) is 0 Å². The van der Waals surface area contributed by atoms with Crippen LogP contribution in [0.15, 0.2) is 12.2 Å². The van der Waals surface area contributed by atoms with E-state index in [2.05, 4.69) is 12.3 Å². The number of carbonyl (C=O) groups excluding carboxylic acids is 1. The molecule has 46 valence electrons. The highest BCUT2D eigenvalue weighted by Gasteiger charge is 2.05. The average Bonchev–Trinajstić information content (AvgIpc) is 1.64. The first-order chi connectivity index (χ1) is 3.55. The van der Waals surface area contributed by atoms with Crippen molar-refractivity contribution in [2.45, 2.75) is 13.0 Å². The molecule has 0 aromatic carbocycles. The van der Waals surface area contributed by atoms with E-state index in [1.54, 1.807) is 6.92 Å². The number of aliphatic carboxylic acids is 1. The van der Waals surface area contributed by atoms with E-state index in [4.69, 9.17) is 0 Å². The fraction of sp³-hybridized carbons (Fsp3) is 0.400. The lowest BCUT2D eigenvalue weighted by molar-refractivity contribution is -0.426. The van der Waals surface area contributed by atoms with Gasteiger partial charge in [-0.1, -0.05) is 6.58 Å². The molecule has 0 aliphatic carbocycles. The summed E-state index contributed by atoms with van der Waals surface area (Å²) in [6.45, 7) is 5.00. The van der Waals surface area contributed by atoms with Gasteiger partial charge < -0.3 is 15.6 Å². The van der Waals surface area contributed by atoms with Crippen molar-refractivity contribution in [1.29, 1.82) is 0 Å². The van der Waals surface area contributed by atoms with Gasteiger partial charge >= 0.3 is 0 Å². The first-order valence-corrected chi connectivity index (χ1v) is 2.25. The molecule has 0 amide bonds. The Morgan fingerprint density at radius 2 is 2.25 bits per heavy atom. The highest BCUT2D eigenvalue weighted by Crippen LogP contribution is 1.87. The lowest BCUT2D eigenvalue weighted by atomic mass is 10.2. The van der Waals surface area contributed by atoms with Crippen molar-refractivity contribution in [1.82, 2.24) is 0 Å². The number of carboxylic acids is 1. The molecule has 3 nitrogen and oxygen atoms in total. The molecule has 0 bridgehead atoms. The van der Waals surface area contributed by atoms with Gasteiger partial charge in [0.15, 0.2) is 0 Å². The number of rotatable bonds is 2. The maximum absolute atomic E-state index is 9.91. The Labute approximate surface area is 47.8 Å². The summed E-state index contributed by atoms with van der Waals surface area (Å²) in [6, 6.07) is -0.769. The number of hydrogen-bond donors (Lipinski definition) is 1. The maximum atomic E-state index is 9.91. The number of carboxylic acid groups (broad SMARTS) is 1. The molecule has 0 fully saturated rings. The van der Waals surface area contributed by atoms with Gasteiger partial charge in [-0.3, -0.25) is 0 Å². The van der Waals surface area contributed by atoms with Gasteiger partial charge in [0.25, 0.3) is 0 Å². The maximum Gasteiger partial charge on any atom is 0.146 e. The Morgan fingerprint density at radius 3 is 2.25 bits per heavy atom. The molecule has 0 aliphatic rings. The predicted octanol–water partition coefficient (Wildman–Crippen LogP) is -2.08. The molecule has 0 heterocycles. The van der Waals surface area contributed by atoms with E-state index in [0.717, 1.165) is 0 Å². The first kappa shape index (κ1) is 7.17. The second-order valence-corrected chi connectivity index (χ2v) is 1.72. The third kappa shape index (κ3) is 1.75. The van der Waals surface area contributed by atoms with Crippen LogP contribution in [0.5, 0.6) is 0 Å². The van der Waals surface area contributed by atoms with E-state index in [-0.39, 0.29) is 0 Å². The van der Waals surface area contributed by atoms with E-state index in [1.165, 1.54) is 0 Å². The summed E-state index contributed by atoms with van der Waals surface area (Å²) in [5.41, 5.74) is 3.79. The molecule has 0 aromatic rings. The Hall–Kier alpha value is -0.830. The number of hydrogen-bond acceptors (Lipinski definition) is 2. The lowest BCUT2D eigenvalue weighted by Gasteiger charge is -2.06. The van der Waals surface area contributed by atoms with Gasteiger partial charge in [0.05, 0.1) is 0 Å². The van der Waals surface area contributed by atoms with Gasteiger partial charge in [-0.25, -0.2) is 0 Å². The molecular formula is C5H9NO2. The molecule has 3 N–H and O–H groups in total. The minimum atomic E-state index is -1.17. The van der Waals surface area contributed by atoms with Crippen LogP contribution in [0.25, 0.3) is 0 Å². The number of carbonyl (C=O) groups is 1. The topological polar surface area (TPSA) is 67.8 Å². The second-order valence-electron chi connectivity index (χ2n) is 1.72. The van der Waals surface area contributed by atoms with Crippen LogP contribution in [0.3, 0.4) is 0 Å². The van der Waals surface area contributed by atoms with Gasteiger partial charge in [0, 0.05) is 0 Å². The van der Waals surface area contributed by atoms with Gasteiger partial charge in [-0.2, -0.15) is 0 Å². The zero-order valence-corrected chi connectivity index (χ0v) is 4.81. The van der Waals surface area contributed by atoms with Crippen molar-refractivity contribution >= 4 is 5.97 Å². The van der Waals surface area contributed by atoms with Crippen molar-refractivity contribution in [3.05, 3.63) is 12.2 Å². The van der Waals surface area contributed by atoms with Crippen LogP contribution in [0.2, 0.25) is 0 Å². The minimum Gasteiger partial charge on any atom is -0.544 e. The molecule has 0 saturated heterocycles. The molecule has 0 spiro atoms. The van der Waals surface area contributed by atoms with Crippen molar-refractivity contribution in [3.63, 3.8) is 0 Å². The highest BCUT2D eigenvalue weighted by atomic mass is 16.4.